The number of ether oxygens (including phenoxy) is 9. The van der Waals surface area contributed by atoms with Gasteiger partial charge in [0.15, 0.2) is 0 Å². The fourth-order valence-electron chi connectivity index (χ4n) is 16.8. The van der Waals surface area contributed by atoms with Gasteiger partial charge in [-0.3, -0.25) is 10.9 Å². The predicted molar refractivity (Wildman–Crippen MR) is 610 cm³/mol. The monoisotopic (exact) mass is 2060 g/mol. The van der Waals surface area contributed by atoms with E-state index in [1.165, 1.54) is 22.8 Å². The Morgan fingerprint density at radius 1 is 0.440 bits per heavy atom. The average Bonchev–Trinajstić information content (AvgIpc) is 1.65. The van der Waals surface area contributed by atoms with Crippen molar-refractivity contribution < 1.29 is 61.8 Å². The third-order valence-corrected chi connectivity index (χ3v) is 28.3. The number of unbranched alkanes of at least 4 members (excludes halogenated alkanes) is 8. The van der Waals surface area contributed by atoms with Gasteiger partial charge in [0.05, 0.1) is 126 Å². The highest BCUT2D eigenvalue weighted by Gasteiger charge is 2.37. The second-order valence-electron chi connectivity index (χ2n) is 36.6. The van der Waals surface area contributed by atoms with Gasteiger partial charge in [0.25, 0.3) is 0 Å². The molecule has 2 N–H and O–H groups in total. The molecule has 16 rings (SSSR count). The number of rotatable bonds is 55. The molecule has 1 fully saturated rings. The number of anilines is 3. The summed E-state index contributed by atoms with van der Waals surface area (Å²) in [6.45, 7) is 23.8. The third-order valence-electron chi connectivity index (χ3n) is 25.3. The van der Waals surface area contributed by atoms with Crippen molar-refractivity contribution in [2.45, 2.75) is 163 Å². The molecule has 0 unspecified atom stereocenters. The SMILES string of the molecule is C=CC(=O)OCCCCCCOc1ccc(-c2ccc(-c3ccc(CCC)cc3)c(/C=N/Nc3nc4ccccc4s3)c2)cc1.C=CC(=O)OCCCOc1ccc(-c2ccc(-c3ccc(CCC)cc3)cc2/C=N/Nc2nc3ccccc3s2)cc1.CCCc1ccc(C(=O)OCCc2ccc(OC(=O)c3ccc(OCCCCCCOCC4(CC)COC4)c(C)c3)cc2/C=N/N(CCCCC#N)c2nc3ccccc3s2)cc1. The Kier molecular flexibility index (Phi) is 43.6. The molecule has 15 aromatic rings. The van der Waals surface area contributed by atoms with Gasteiger partial charge in [-0.25, -0.2) is 39.1 Å². The zero-order valence-corrected chi connectivity index (χ0v) is 88.7. The Bertz CT molecular complexity index is 6930. The summed E-state index contributed by atoms with van der Waals surface area (Å²) in [6.07, 6.45) is 26.2. The molecule has 0 spiro atoms. The number of hydrogen-bond donors (Lipinski definition) is 2. The fourth-order valence-corrected chi connectivity index (χ4v) is 19.4. The van der Waals surface area contributed by atoms with Crippen molar-refractivity contribution in [2.24, 2.45) is 20.7 Å². The molecule has 774 valence electrons. The van der Waals surface area contributed by atoms with E-state index in [0.717, 1.165) is 272 Å². The van der Waals surface area contributed by atoms with Crippen LogP contribution in [0.25, 0.3) is 75.2 Å². The summed E-state index contributed by atoms with van der Waals surface area (Å²) >= 11 is 4.70. The summed E-state index contributed by atoms with van der Waals surface area (Å²) < 4.78 is 54.1. The summed E-state index contributed by atoms with van der Waals surface area (Å²) in [7, 11) is 0. The minimum absolute atomic E-state index is 0.143. The van der Waals surface area contributed by atoms with Crippen LogP contribution in [0.3, 0.4) is 0 Å². The third kappa shape index (κ3) is 34.0. The number of nitriles is 1. The summed E-state index contributed by atoms with van der Waals surface area (Å²) in [5.74, 6) is 1.02. The number of esters is 4. The number of fused-ring (bicyclic) bond motifs is 3. The highest BCUT2D eigenvalue weighted by atomic mass is 32.1. The second kappa shape index (κ2) is 59.2. The standard InChI is InChI=1S/C51H60N4O7S.C38H39N3O3S.C35H33N3O3S/c1-4-15-39-18-20-41(21-19-39)48(56)61-31-26-40-22-24-44(33-43(40)34-53-55(28-12-8-11-27-52)50-54-45-16-9-10-17-47(45)63-50)62-49(57)42-23-25-46(38(3)32-42)60-30-14-7-6-13-29-58-35-51(5-2)36-59-37-51;1-3-11-28-14-16-30(17-15-28)34-23-20-31(26-32(34)27-39-41-38-40-35-12-7-8-13-36(35)45-38)29-18-21-33(22-19-29)43-24-9-5-6-10-25-44-37(42)4-2;1-3-8-25-11-13-26(14-12-25)28-17-20-31(27-15-18-30(19-16-27)40-21-7-22-41-34(39)4-2)29(23-28)24-36-38-35-37-32-9-5-6-10-33(32)42-35/h9-10,16-25,32-34H,4-8,11-15,26,28-31,35-37H2,1-3H3;4,7-8,12-23,26-27H,2-3,5-6,9-11,24-25H2,1H3,(H,40,41);4-6,9-20,23-24H,2-3,7-8,21-22H2,1H3,(H,37,38)/b53-34+;39-27+;36-24+. The first-order chi connectivity index (χ1) is 73.5. The molecule has 26 heteroatoms. The Hall–Kier alpha value is -15.1. The van der Waals surface area contributed by atoms with Gasteiger partial charge in [0, 0.05) is 66.7 Å². The van der Waals surface area contributed by atoms with E-state index in [2.05, 4.69) is 187 Å². The number of nitrogens with one attached hydrogen (secondary N) is 2. The quantitative estimate of drug-likeness (QED) is 0.00681. The number of carbonyl (C=O) groups excluding carboxylic acids is 4. The van der Waals surface area contributed by atoms with Crippen LogP contribution in [-0.2, 0) is 59.0 Å². The van der Waals surface area contributed by atoms with Crippen molar-refractivity contribution in [3.8, 4) is 73.6 Å². The number of benzene rings is 12. The van der Waals surface area contributed by atoms with Crippen LogP contribution >= 0.6 is 34.0 Å². The maximum Gasteiger partial charge on any atom is 0.343 e. The molecule has 23 nitrogen and oxygen atoms in total. The van der Waals surface area contributed by atoms with E-state index >= 15 is 0 Å². The number of thiazole rings is 3. The Morgan fingerprint density at radius 3 is 1.43 bits per heavy atom. The second-order valence-corrected chi connectivity index (χ2v) is 39.7. The van der Waals surface area contributed by atoms with E-state index in [0.29, 0.717) is 81.3 Å². The van der Waals surface area contributed by atoms with Crippen molar-refractivity contribution in [3.63, 3.8) is 0 Å². The molecule has 150 heavy (non-hydrogen) atoms. The van der Waals surface area contributed by atoms with Gasteiger partial charge in [-0.05, 0) is 278 Å². The summed E-state index contributed by atoms with van der Waals surface area (Å²) in [5, 5.41) is 27.3. The first-order valence-corrected chi connectivity index (χ1v) is 54.3. The van der Waals surface area contributed by atoms with Crippen molar-refractivity contribution in [1.29, 1.82) is 5.26 Å². The highest BCUT2D eigenvalue weighted by molar-refractivity contribution is 7.23. The van der Waals surface area contributed by atoms with Gasteiger partial charge in [0.1, 0.15) is 23.0 Å². The van der Waals surface area contributed by atoms with E-state index < -0.39 is 11.9 Å². The fraction of sp³-hybridized carbons (Fsp3) is 0.298. The summed E-state index contributed by atoms with van der Waals surface area (Å²) in [6, 6.07) is 91.4. The molecule has 0 bridgehead atoms. The predicted octanol–water partition coefficient (Wildman–Crippen LogP) is 29.3. The van der Waals surface area contributed by atoms with Crippen molar-refractivity contribution in [2.75, 3.05) is 88.5 Å². The lowest BCUT2D eigenvalue weighted by Crippen LogP contribution is -2.45. The van der Waals surface area contributed by atoms with Gasteiger partial charge in [-0.1, -0.05) is 252 Å². The smallest absolute Gasteiger partial charge is 0.343 e. The molecule has 0 saturated carbocycles. The molecule has 12 aromatic carbocycles. The zero-order chi connectivity index (χ0) is 105. The van der Waals surface area contributed by atoms with Crippen molar-refractivity contribution in [1.82, 2.24) is 15.0 Å². The van der Waals surface area contributed by atoms with Crippen LogP contribution in [0.1, 0.15) is 196 Å². The van der Waals surface area contributed by atoms with Crippen LogP contribution in [0.15, 0.2) is 308 Å². The molecule has 0 atom stereocenters. The molecular formula is C124H132N10O13S3. The number of carbonyl (C=O) groups is 4. The lowest BCUT2D eigenvalue weighted by Gasteiger charge is -2.40. The minimum atomic E-state index is -0.496. The summed E-state index contributed by atoms with van der Waals surface area (Å²) in [4.78, 5) is 62.8. The van der Waals surface area contributed by atoms with Crippen molar-refractivity contribution in [3.05, 3.63) is 348 Å². The number of aromatic nitrogens is 3. The summed E-state index contributed by atoms with van der Waals surface area (Å²) in [5.41, 5.74) is 27.4. The van der Waals surface area contributed by atoms with E-state index in [-0.39, 0.29) is 24.0 Å². The Labute approximate surface area is 892 Å². The van der Waals surface area contributed by atoms with E-state index in [9.17, 15) is 19.2 Å². The van der Waals surface area contributed by atoms with Gasteiger partial charge in [-0.2, -0.15) is 20.6 Å². The molecule has 0 amide bonds. The van der Waals surface area contributed by atoms with E-state index in [1.807, 2.05) is 146 Å². The normalized spacial score (nSPS) is 11.9. The van der Waals surface area contributed by atoms with Crippen LogP contribution in [-0.4, -0.2) is 130 Å². The Balaban J connectivity index is 0.000000182. The molecule has 1 aliphatic heterocycles. The van der Waals surface area contributed by atoms with Crippen LogP contribution in [0.4, 0.5) is 15.4 Å². The first kappa shape index (κ1) is 111. The number of aryl methyl sites for hydroxylation is 4. The highest BCUT2D eigenvalue weighted by Crippen LogP contribution is 2.38. The minimum Gasteiger partial charge on any atom is -0.494 e. The molecule has 0 radical (unpaired) electrons. The topological polar surface area (TPSA) is 278 Å². The van der Waals surface area contributed by atoms with Crippen LogP contribution in [0.2, 0.25) is 0 Å². The van der Waals surface area contributed by atoms with E-state index in [4.69, 9.17) is 58.0 Å². The van der Waals surface area contributed by atoms with Crippen LogP contribution < -0.4 is 34.8 Å². The van der Waals surface area contributed by atoms with Gasteiger partial charge in [0.2, 0.25) is 15.4 Å². The number of para-hydroxylation sites is 3. The molecule has 1 saturated heterocycles. The zero-order valence-electron chi connectivity index (χ0n) is 86.2. The van der Waals surface area contributed by atoms with Crippen LogP contribution in [0, 0.1) is 23.7 Å². The maximum atomic E-state index is 13.5. The van der Waals surface area contributed by atoms with Gasteiger partial charge >= 0.3 is 23.9 Å². The largest absolute Gasteiger partial charge is 0.494 e. The average molecular weight is 2070 g/mol. The lowest BCUT2D eigenvalue weighted by molar-refractivity contribution is -0.150. The number of nitrogens with zero attached hydrogens (tertiary/aromatic N) is 8. The molecule has 3 aromatic heterocycles. The molecule has 4 heterocycles. The van der Waals surface area contributed by atoms with E-state index in [1.54, 1.807) is 76.6 Å². The maximum absolute atomic E-state index is 13.5. The molecule has 0 aliphatic carbocycles. The number of hydrazone groups is 3. The Morgan fingerprint density at radius 2 is 0.913 bits per heavy atom. The van der Waals surface area contributed by atoms with Crippen molar-refractivity contribution >= 4 is 123 Å². The number of hydrogen-bond acceptors (Lipinski definition) is 26. The first-order valence-electron chi connectivity index (χ1n) is 51.9. The van der Waals surface area contributed by atoms with Crippen LogP contribution in [0.5, 0.6) is 23.0 Å². The van der Waals surface area contributed by atoms with Gasteiger partial charge in [-0.15, -0.1) is 0 Å². The van der Waals surface area contributed by atoms with Gasteiger partial charge < -0.3 is 42.6 Å². The lowest BCUT2D eigenvalue weighted by atomic mass is 9.84. The molecule has 1 aliphatic rings. The molecular weight excluding hydrogens is 1930 g/mol.